The van der Waals surface area contributed by atoms with Gasteiger partial charge in [0, 0.05) is 33.4 Å². The van der Waals surface area contributed by atoms with Gasteiger partial charge in [-0.05, 0) is 31.6 Å². The van der Waals surface area contributed by atoms with Gasteiger partial charge in [-0.3, -0.25) is 4.79 Å². The molecule has 0 aliphatic carbocycles. The van der Waals surface area contributed by atoms with Crippen LogP contribution < -0.4 is 5.73 Å². The van der Waals surface area contributed by atoms with Crippen molar-refractivity contribution in [2.45, 2.75) is 51.0 Å². The Hall–Kier alpha value is -0.450. The summed E-state index contributed by atoms with van der Waals surface area (Å²) in [4.78, 5) is 11.7. The molecule has 4 heteroatoms. The maximum atomic E-state index is 11.7. The van der Waals surface area contributed by atoms with Crippen LogP contribution in [0.1, 0.15) is 44.9 Å². The number of unbranched alkanes of at least 4 members (excludes halogenated alkanes) is 1. The highest BCUT2D eigenvalue weighted by molar-refractivity contribution is 5.83. The standard InChI is InChI=1S/C14H27NO3/c1-17-9-8-13(15)14(16)5-3-2-4-12-6-10-18-11-7-12/h12-13H,2-11,15H2,1H3. The van der Waals surface area contributed by atoms with Gasteiger partial charge in [0.05, 0.1) is 6.04 Å². The number of hydrogen-bond donors (Lipinski definition) is 1. The highest BCUT2D eigenvalue weighted by Crippen LogP contribution is 2.21. The van der Waals surface area contributed by atoms with E-state index < -0.39 is 0 Å². The Morgan fingerprint density at radius 3 is 2.78 bits per heavy atom. The number of ether oxygens (including phenoxy) is 2. The van der Waals surface area contributed by atoms with Crippen LogP contribution in [0.4, 0.5) is 0 Å². The molecule has 1 rings (SSSR count). The Labute approximate surface area is 110 Å². The number of carbonyl (C=O) groups is 1. The van der Waals surface area contributed by atoms with Gasteiger partial charge < -0.3 is 15.2 Å². The second kappa shape index (κ2) is 9.48. The topological polar surface area (TPSA) is 61.5 Å². The molecule has 106 valence electrons. The van der Waals surface area contributed by atoms with Crippen molar-refractivity contribution in [1.82, 2.24) is 0 Å². The largest absolute Gasteiger partial charge is 0.385 e. The molecule has 1 aliphatic heterocycles. The maximum Gasteiger partial charge on any atom is 0.149 e. The lowest BCUT2D eigenvalue weighted by Crippen LogP contribution is -2.31. The highest BCUT2D eigenvalue weighted by Gasteiger charge is 2.15. The minimum Gasteiger partial charge on any atom is -0.385 e. The predicted octanol–water partition coefficient (Wildman–Crippen LogP) is 1.91. The summed E-state index contributed by atoms with van der Waals surface area (Å²) in [5.41, 5.74) is 5.78. The van der Waals surface area contributed by atoms with Crippen molar-refractivity contribution in [3.8, 4) is 0 Å². The van der Waals surface area contributed by atoms with Gasteiger partial charge in [0.2, 0.25) is 0 Å². The molecule has 1 unspecified atom stereocenters. The molecular weight excluding hydrogens is 230 g/mol. The molecule has 0 amide bonds. The minimum absolute atomic E-state index is 0.180. The number of Topliss-reactive ketones (excluding diaryl/α,β-unsaturated/α-hetero) is 1. The Kier molecular flexibility index (Phi) is 8.22. The molecule has 0 bridgehead atoms. The number of carbonyl (C=O) groups excluding carboxylic acids is 1. The van der Waals surface area contributed by atoms with E-state index in [0.29, 0.717) is 19.4 Å². The molecule has 1 fully saturated rings. The third-order valence-corrected chi connectivity index (χ3v) is 3.67. The molecule has 0 aromatic rings. The van der Waals surface area contributed by atoms with E-state index in [1.54, 1.807) is 7.11 Å². The number of methoxy groups -OCH3 is 1. The molecule has 0 aromatic heterocycles. The van der Waals surface area contributed by atoms with Gasteiger partial charge in [-0.25, -0.2) is 0 Å². The first-order valence-corrected chi connectivity index (χ1v) is 7.09. The van der Waals surface area contributed by atoms with Gasteiger partial charge in [-0.15, -0.1) is 0 Å². The molecule has 0 aromatic carbocycles. The lowest BCUT2D eigenvalue weighted by atomic mass is 9.93. The van der Waals surface area contributed by atoms with Crippen LogP contribution in [0.5, 0.6) is 0 Å². The van der Waals surface area contributed by atoms with E-state index in [1.165, 1.54) is 19.3 Å². The van der Waals surface area contributed by atoms with Crippen LogP contribution in [-0.2, 0) is 14.3 Å². The average molecular weight is 257 g/mol. The summed E-state index contributed by atoms with van der Waals surface area (Å²) in [6.45, 7) is 2.38. The van der Waals surface area contributed by atoms with E-state index in [1.807, 2.05) is 0 Å². The summed E-state index contributed by atoms with van der Waals surface area (Å²) >= 11 is 0. The van der Waals surface area contributed by atoms with Gasteiger partial charge in [0.15, 0.2) is 0 Å². The molecule has 0 spiro atoms. The van der Waals surface area contributed by atoms with Crippen molar-refractivity contribution >= 4 is 5.78 Å². The van der Waals surface area contributed by atoms with E-state index >= 15 is 0 Å². The summed E-state index contributed by atoms with van der Waals surface area (Å²) < 4.78 is 10.3. The van der Waals surface area contributed by atoms with Gasteiger partial charge in [0.25, 0.3) is 0 Å². The lowest BCUT2D eigenvalue weighted by Gasteiger charge is -2.21. The van der Waals surface area contributed by atoms with E-state index in [2.05, 4.69) is 0 Å². The fraction of sp³-hybridized carbons (Fsp3) is 0.929. The first kappa shape index (κ1) is 15.6. The maximum absolute atomic E-state index is 11.7. The van der Waals surface area contributed by atoms with E-state index in [9.17, 15) is 4.79 Å². The first-order valence-electron chi connectivity index (χ1n) is 7.09. The molecule has 4 nitrogen and oxygen atoms in total. The van der Waals surface area contributed by atoms with Crippen LogP contribution in [0.15, 0.2) is 0 Å². The Morgan fingerprint density at radius 1 is 1.39 bits per heavy atom. The minimum atomic E-state index is -0.340. The molecule has 1 atom stereocenters. The van der Waals surface area contributed by atoms with Crippen LogP contribution in [0.25, 0.3) is 0 Å². The van der Waals surface area contributed by atoms with Crippen molar-refractivity contribution in [3.63, 3.8) is 0 Å². The van der Waals surface area contributed by atoms with Crippen molar-refractivity contribution < 1.29 is 14.3 Å². The van der Waals surface area contributed by atoms with Crippen LogP contribution >= 0.6 is 0 Å². The molecule has 1 aliphatic rings. The van der Waals surface area contributed by atoms with E-state index in [-0.39, 0.29) is 11.8 Å². The first-order chi connectivity index (χ1) is 8.74. The monoisotopic (exact) mass is 257 g/mol. The van der Waals surface area contributed by atoms with Crippen LogP contribution in [0, 0.1) is 5.92 Å². The number of nitrogens with two attached hydrogens (primary N) is 1. The smallest absolute Gasteiger partial charge is 0.149 e. The summed E-state index contributed by atoms with van der Waals surface area (Å²) in [5.74, 6) is 0.982. The second-order valence-electron chi connectivity index (χ2n) is 5.16. The van der Waals surface area contributed by atoms with Gasteiger partial charge in [0.1, 0.15) is 5.78 Å². The highest BCUT2D eigenvalue weighted by atomic mass is 16.5. The third kappa shape index (κ3) is 6.47. The Balaban J connectivity index is 2.00. The normalized spacial score (nSPS) is 18.8. The molecule has 2 N–H and O–H groups in total. The molecule has 0 saturated carbocycles. The SMILES string of the molecule is COCCC(N)C(=O)CCCCC1CCOCC1. The van der Waals surface area contributed by atoms with Gasteiger partial charge in [-0.1, -0.05) is 12.8 Å². The second-order valence-corrected chi connectivity index (χ2v) is 5.16. The zero-order chi connectivity index (χ0) is 13.2. The van der Waals surface area contributed by atoms with Gasteiger partial charge in [-0.2, -0.15) is 0 Å². The summed E-state index contributed by atoms with van der Waals surface area (Å²) in [6, 6.07) is -0.340. The fourth-order valence-electron chi connectivity index (χ4n) is 2.36. The number of hydrogen-bond acceptors (Lipinski definition) is 4. The third-order valence-electron chi connectivity index (χ3n) is 3.67. The van der Waals surface area contributed by atoms with E-state index in [4.69, 9.17) is 15.2 Å². The zero-order valence-corrected chi connectivity index (χ0v) is 11.5. The Bertz CT molecular complexity index is 227. The fourth-order valence-corrected chi connectivity index (χ4v) is 2.36. The van der Waals surface area contributed by atoms with E-state index in [0.717, 1.165) is 32.0 Å². The summed E-state index contributed by atoms with van der Waals surface area (Å²) in [5, 5.41) is 0. The quantitative estimate of drug-likeness (QED) is 0.641. The Morgan fingerprint density at radius 2 is 2.11 bits per heavy atom. The predicted molar refractivity (Wildman–Crippen MR) is 71.5 cm³/mol. The average Bonchev–Trinajstić information content (AvgIpc) is 2.41. The van der Waals surface area contributed by atoms with Crippen molar-refractivity contribution in [3.05, 3.63) is 0 Å². The summed E-state index contributed by atoms with van der Waals surface area (Å²) in [7, 11) is 1.63. The molecular formula is C14H27NO3. The van der Waals surface area contributed by atoms with Gasteiger partial charge >= 0.3 is 0 Å². The van der Waals surface area contributed by atoms with Crippen LogP contribution in [0.3, 0.4) is 0 Å². The number of ketones is 1. The van der Waals surface area contributed by atoms with Crippen molar-refractivity contribution in [2.75, 3.05) is 26.9 Å². The van der Waals surface area contributed by atoms with Crippen LogP contribution in [-0.4, -0.2) is 38.8 Å². The molecule has 1 saturated heterocycles. The van der Waals surface area contributed by atoms with Crippen molar-refractivity contribution in [2.24, 2.45) is 11.7 Å². The summed E-state index contributed by atoms with van der Waals surface area (Å²) in [6.07, 6.45) is 6.94. The van der Waals surface area contributed by atoms with Crippen molar-refractivity contribution in [1.29, 1.82) is 0 Å². The molecule has 1 heterocycles. The van der Waals surface area contributed by atoms with Crippen LogP contribution in [0.2, 0.25) is 0 Å². The molecule has 18 heavy (non-hydrogen) atoms. The molecule has 0 radical (unpaired) electrons. The number of rotatable bonds is 9. The lowest BCUT2D eigenvalue weighted by molar-refractivity contribution is -0.120. The zero-order valence-electron chi connectivity index (χ0n) is 11.5.